The molecule has 0 bridgehead atoms. The average molecular weight is 400 g/mol. The number of thioether (sulfide) groups is 1. The van der Waals surface area contributed by atoms with Crippen LogP contribution >= 0.6 is 11.8 Å². The van der Waals surface area contributed by atoms with Crippen LogP contribution in [0.5, 0.6) is 0 Å². The normalized spacial score (nSPS) is 14.1. The van der Waals surface area contributed by atoms with Crippen LogP contribution in [0.25, 0.3) is 16.5 Å². The molecule has 0 aliphatic heterocycles. The van der Waals surface area contributed by atoms with Crippen LogP contribution in [0.1, 0.15) is 28.6 Å². The molecule has 1 aromatic heterocycles. The number of aromatic nitrogens is 2. The fraction of sp³-hybridized carbons (Fsp3) is 0.167. The highest BCUT2D eigenvalue weighted by Crippen LogP contribution is 2.38. The fourth-order valence-electron chi connectivity index (χ4n) is 4.15. The summed E-state index contributed by atoms with van der Waals surface area (Å²) in [7, 11) is 0. The van der Waals surface area contributed by atoms with Gasteiger partial charge in [0.05, 0.1) is 11.1 Å². The van der Waals surface area contributed by atoms with Gasteiger partial charge in [0, 0.05) is 11.3 Å². The molecule has 1 atom stereocenters. The number of fused-ring (bicyclic) bond motifs is 2. The molecular weight excluding hydrogens is 378 g/mol. The van der Waals surface area contributed by atoms with Gasteiger partial charge in [0.2, 0.25) is 0 Å². The smallest absolute Gasteiger partial charge is 0.315 e. The lowest BCUT2D eigenvalue weighted by atomic mass is 10.0. The van der Waals surface area contributed by atoms with Crippen LogP contribution in [0.15, 0.2) is 82.6 Å². The first kappa shape index (κ1) is 18.2. The number of hydrogen-bond donors (Lipinski definition) is 1. The van der Waals surface area contributed by atoms with Gasteiger partial charge >= 0.3 is 5.69 Å². The Hall–Kier alpha value is -2.89. The van der Waals surface area contributed by atoms with E-state index >= 15 is 0 Å². The summed E-state index contributed by atoms with van der Waals surface area (Å²) < 4.78 is 1.76. The van der Waals surface area contributed by atoms with E-state index in [9.17, 15) is 4.79 Å². The fourth-order valence-corrected chi connectivity index (χ4v) is 5.21. The topological polar surface area (TPSA) is 60.9 Å². The Labute approximate surface area is 173 Å². The zero-order valence-electron chi connectivity index (χ0n) is 15.9. The quantitative estimate of drug-likeness (QED) is 0.309. The molecule has 0 radical (unpaired) electrons. The van der Waals surface area contributed by atoms with Crippen LogP contribution in [0, 0.1) is 0 Å². The lowest BCUT2D eigenvalue weighted by Gasteiger charge is -2.18. The van der Waals surface area contributed by atoms with E-state index in [-0.39, 0.29) is 11.1 Å². The minimum absolute atomic E-state index is 0.232. The van der Waals surface area contributed by atoms with Crippen molar-refractivity contribution >= 4 is 22.5 Å². The predicted molar refractivity (Wildman–Crippen MR) is 119 cm³/mol. The molecule has 1 heterocycles. The Bertz CT molecular complexity index is 1240. The van der Waals surface area contributed by atoms with Gasteiger partial charge in [0.25, 0.3) is 0 Å². The summed E-state index contributed by atoms with van der Waals surface area (Å²) in [5, 5.41) is 2.79. The van der Waals surface area contributed by atoms with E-state index in [1.165, 1.54) is 17.1 Å². The number of para-hydroxylation sites is 1. The third-order valence-electron chi connectivity index (χ3n) is 5.49. The lowest BCUT2D eigenvalue weighted by Crippen LogP contribution is -2.26. The monoisotopic (exact) mass is 399 g/mol. The van der Waals surface area contributed by atoms with Gasteiger partial charge in [-0.25, -0.2) is 4.79 Å². The predicted octanol–water partition coefficient (Wildman–Crippen LogP) is 4.62. The Morgan fingerprint density at radius 2 is 1.69 bits per heavy atom. The highest BCUT2D eigenvalue weighted by atomic mass is 32.2. The maximum Gasteiger partial charge on any atom is 0.353 e. The minimum atomic E-state index is -0.287. The van der Waals surface area contributed by atoms with Crippen molar-refractivity contribution in [3.63, 3.8) is 0 Å². The first-order valence-corrected chi connectivity index (χ1v) is 10.7. The van der Waals surface area contributed by atoms with E-state index in [2.05, 4.69) is 29.2 Å². The molecule has 0 unspecified atom stereocenters. The van der Waals surface area contributed by atoms with Gasteiger partial charge in [0.1, 0.15) is 5.03 Å². The average Bonchev–Trinajstić information content (AvgIpc) is 3.24. The highest BCUT2D eigenvalue weighted by Gasteiger charge is 2.24. The van der Waals surface area contributed by atoms with Crippen LogP contribution in [0.4, 0.5) is 0 Å². The molecule has 0 saturated carbocycles. The second-order valence-electron chi connectivity index (χ2n) is 7.26. The van der Waals surface area contributed by atoms with Crippen molar-refractivity contribution in [3.05, 3.63) is 100 Å². The first-order valence-electron chi connectivity index (χ1n) is 9.82. The summed E-state index contributed by atoms with van der Waals surface area (Å²) in [6.45, 7) is 0. The number of nitrogens with zero attached hydrogens (tertiary/aromatic N) is 2. The largest absolute Gasteiger partial charge is 0.353 e. The van der Waals surface area contributed by atoms with Crippen LogP contribution in [0.3, 0.4) is 0 Å². The molecule has 0 spiro atoms. The SMILES string of the molecule is N[C@@H](Sc1nc(=O)n(-c2ccccc2)c2c1CCC2)c1cccc2ccccc12. The third kappa shape index (κ3) is 3.26. The molecule has 144 valence electrons. The van der Waals surface area contributed by atoms with Crippen LogP contribution in [-0.2, 0) is 12.8 Å². The Balaban J connectivity index is 1.57. The number of hydrogen-bond acceptors (Lipinski definition) is 4. The molecule has 0 saturated heterocycles. The summed E-state index contributed by atoms with van der Waals surface area (Å²) in [5.41, 5.74) is 10.5. The third-order valence-corrected chi connectivity index (χ3v) is 6.56. The van der Waals surface area contributed by atoms with Gasteiger partial charge < -0.3 is 5.73 Å². The second kappa shape index (κ2) is 7.50. The number of benzene rings is 3. The van der Waals surface area contributed by atoms with E-state index in [0.717, 1.165) is 52.2 Å². The summed E-state index contributed by atoms with van der Waals surface area (Å²) in [6, 6.07) is 24.2. The highest BCUT2D eigenvalue weighted by molar-refractivity contribution is 7.99. The summed E-state index contributed by atoms with van der Waals surface area (Å²) >= 11 is 1.49. The van der Waals surface area contributed by atoms with Gasteiger partial charge in [0.15, 0.2) is 0 Å². The van der Waals surface area contributed by atoms with Gasteiger partial charge in [-0.05, 0) is 47.7 Å². The molecule has 4 nitrogen and oxygen atoms in total. The Morgan fingerprint density at radius 1 is 0.931 bits per heavy atom. The van der Waals surface area contributed by atoms with Crippen LogP contribution < -0.4 is 11.4 Å². The zero-order valence-corrected chi connectivity index (χ0v) is 16.7. The van der Waals surface area contributed by atoms with Gasteiger partial charge in [-0.1, -0.05) is 72.4 Å². The maximum atomic E-state index is 12.9. The standard InChI is InChI=1S/C24H21N3OS/c25-22(19-13-6-9-16-8-4-5-12-18(16)19)29-23-20-14-7-15-21(20)27(24(28)26-23)17-10-2-1-3-11-17/h1-6,8-13,22H,7,14-15,25H2/t22-/m0/s1. The summed E-state index contributed by atoms with van der Waals surface area (Å²) in [6.07, 6.45) is 2.85. The van der Waals surface area contributed by atoms with Crippen molar-refractivity contribution < 1.29 is 0 Å². The van der Waals surface area contributed by atoms with E-state index in [1.54, 1.807) is 4.57 Å². The second-order valence-corrected chi connectivity index (χ2v) is 8.39. The van der Waals surface area contributed by atoms with E-state index < -0.39 is 0 Å². The zero-order chi connectivity index (χ0) is 19.8. The molecule has 0 amide bonds. The van der Waals surface area contributed by atoms with Crippen LogP contribution in [-0.4, -0.2) is 9.55 Å². The Kier molecular flexibility index (Phi) is 4.70. The van der Waals surface area contributed by atoms with E-state index in [0.29, 0.717) is 0 Å². The molecular formula is C24H21N3OS. The van der Waals surface area contributed by atoms with Crippen molar-refractivity contribution in [2.24, 2.45) is 5.73 Å². The lowest BCUT2D eigenvalue weighted by molar-refractivity contribution is 0.801. The number of nitrogens with two attached hydrogens (primary N) is 1. The van der Waals surface area contributed by atoms with E-state index in [4.69, 9.17) is 5.73 Å². The van der Waals surface area contributed by atoms with Crippen LogP contribution in [0.2, 0.25) is 0 Å². The number of rotatable bonds is 4. The molecule has 4 aromatic rings. The molecule has 0 fully saturated rings. The van der Waals surface area contributed by atoms with Gasteiger partial charge in [-0.15, -0.1) is 0 Å². The molecule has 3 aromatic carbocycles. The molecule has 1 aliphatic rings. The molecule has 1 aliphatic carbocycles. The van der Waals surface area contributed by atoms with Crippen molar-refractivity contribution in [1.82, 2.24) is 9.55 Å². The van der Waals surface area contributed by atoms with Gasteiger partial charge in [-0.2, -0.15) is 4.98 Å². The van der Waals surface area contributed by atoms with Crippen molar-refractivity contribution in [3.8, 4) is 5.69 Å². The van der Waals surface area contributed by atoms with Crippen molar-refractivity contribution in [2.45, 2.75) is 29.7 Å². The molecule has 2 N–H and O–H groups in total. The van der Waals surface area contributed by atoms with Crippen molar-refractivity contribution in [2.75, 3.05) is 0 Å². The minimum Gasteiger partial charge on any atom is -0.315 e. The van der Waals surface area contributed by atoms with Gasteiger partial charge in [-0.3, -0.25) is 4.57 Å². The summed E-state index contributed by atoms with van der Waals surface area (Å²) in [5.74, 6) is 0. The van der Waals surface area contributed by atoms with E-state index in [1.807, 2.05) is 48.5 Å². The summed E-state index contributed by atoms with van der Waals surface area (Å²) in [4.78, 5) is 17.4. The molecule has 29 heavy (non-hydrogen) atoms. The van der Waals surface area contributed by atoms with Crippen molar-refractivity contribution in [1.29, 1.82) is 0 Å². The Morgan fingerprint density at radius 3 is 2.55 bits per heavy atom. The first-order chi connectivity index (χ1) is 14.2. The molecule has 5 heteroatoms. The maximum absolute atomic E-state index is 12.9. The molecule has 5 rings (SSSR count).